The highest BCUT2D eigenvalue weighted by Gasteiger charge is 2.49. The van der Waals surface area contributed by atoms with Crippen LogP contribution in [0.2, 0.25) is 0 Å². The Hall–Kier alpha value is -3.88. The lowest BCUT2D eigenvalue weighted by Crippen LogP contribution is -2.64. The van der Waals surface area contributed by atoms with Crippen molar-refractivity contribution in [1.82, 2.24) is 10.6 Å². The first-order chi connectivity index (χ1) is 38.3. The predicted octanol–water partition coefficient (Wildman–Crippen LogP) is -2.11. The van der Waals surface area contributed by atoms with Crippen LogP contribution in [0.5, 0.6) is 0 Å². The number of carbonyl (C=O) groups is 2. The Morgan fingerprint density at radius 3 is 1.90 bits per heavy atom. The second kappa shape index (κ2) is 34.8. The molecule has 25 heteroatoms. The number of nitrogens with one attached hydrogen (secondary N) is 2. The van der Waals surface area contributed by atoms with E-state index >= 15 is 0 Å². The van der Waals surface area contributed by atoms with Gasteiger partial charge >= 0.3 is 12.0 Å². The van der Waals surface area contributed by atoms with E-state index in [0.717, 1.165) is 0 Å². The van der Waals surface area contributed by atoms with Gasteiger partial charge in [-0.15, -0.1) is 0 Å². The summed E-state index contributed by atoms with van der Waals surface area (Å²) in [6, 6.07) is -3.32. The largest absolute Gasteiger partial charge is 0.462 e. The second-order valence-electron chi connectivity index (χ2n) is 21.6. The molecule has 18 N–H and O–H groups in total. The number of esters is 1. The monoisotopic (exact) mass is 1160 g/mol. The number of hydrogen-bond acceptors (Lipinski definition) is 23. The van der Waals surface area contributed by atoms with Crippen LogP contribution >= 0.6 is 0 Å². The summed E-state index contributed by atoms with van der Waals surface area (Å²) in [4.78, 5) is 26.2. The topological polar surface area (TPSA) is 423 Å². The van der Waals surface area contributed by atoms with Gasteiger partial charge in [0, 0.05) is 44.1 Å². The molecule has 2 bridgehead atoms. The number of ether oxygens (including phenoxy) is 6. The van der Waals surface area contributed by atoms with Crippen molar-refractivity contribution in [2.45, 2.75) is 220 Å². The van der Waals surface area contributed by atoms with Crippen LogP contribution in [0.1, 0.15) is 85.5 Å². The van der Waals surface area contributed by atoms with E-state index in [1.54, 1.807) is 92.8 Å². The molecule has 0 aromatic rings. The highest BCUT2D eigenvalue weighted by molar-refractivity contribution is 5.74. The Labute approximate surface area is 473 Å². The molecule has 0 unspecified atom stereocenters. The van der Waals surface area contributed by atoms with Gasteiger partial charge in [0.25, 0.3) is 0 Å². The van der Waals surface area contributed by atoms with Crippen molar-refractivity contribution in [3.63, 3.8) is 0 Å². The van der Waals surface area contributed by atoms with Gasteiger partial charge in [0.2, 0.25) is 0 Å². The SMILES string of the molecule is C[C@@H]1[C@H](O)[C@@H](C)/C=C/C=C/C=C/C=C/C=C/C=C/C=C/[C@H](O[C@@H]2O[C@H](C)[C@@H](O)[C@H](N)[C@@H]2O)C[C@@H]2O[C@](O)(C[C@@H](O)C[C@@H](O)[C@H](O)CC[C@@H](O)C[C@@H](O)CC(=O)O[C@H]1C)C[C@H](O)[C@H]2NC(=O)NCCCO[C@H]1O[C@H](CO)[C@@H](O)[C@H](O)[C@@H]1O. The lowest BCUT2D eigenvalue weighted by molar-refractivity contribution is -0.303. The van der Waals surface area contributed by atoms with Crippen LogP contribution in [0.3, 0.4) is 0 Å². The third kappa shape index (κ3) is 22.9. The Morgan fingerprint density at radius 1 is 0.654 bits per heavy atom. The van der Waals surface area contributed by atoms with Crippen molar-refractivity contribution >= 4 is 12.0 Å². The number of fused-ring (bicyclic) bond motifs is 2. The van der Waals surface area contributed by atoms with E-state index in [1.807, 2.05) is 13.0 Å². The summed E-state index contributed by atoms with van der Waals surface area (Å²) in [6.07, 6.45) is -4.13. The van der Waals surface area contributed by atoms with Crippen molar-refractivity contribution in [3.8, 4) is 0 Å². The van der Waals surface area contributed by atoms with Gasteiger partial charge < -0.3 is 116 Å². The molecule has 0 radical (unpaired) electrons. The summed E-state index contributed by atoms with van der Waals surface area (Å²) < 4.78 is 34.6. The maximum atomic E-state index is 13.5. The number of allylic oxidation sites excluding steroid dienone is 12. The lowest BCUT2D eigenvalue weighted by Gasteiger charge is -2.46. The van der Waals surface area contributed by atoms with Crippen molar-refractivity contribution < 1.29 is 110 Å². The number of hydrogen-bond donors (Lipinski definition) is 17. The lowest BCUT2D eigenvalue weighted by atomic mass is 9.87. The summed E-state index contributed by atoms with van der Waals surface area (Å²) in [7, 11) is 0. The molecule has 4 heterocycles. The van der Waals surface area contributed by atoms with Crippen LogP contribution in [-0.2, 0) is 33.2 Å². The molecule has 0 saturated carbocycles. The van der Waals surface area contributed by atoms with Crippen LogP contribution in [0.25, 0.3) is 0 Å². The molecule has 0 aromatic carbocycles. The van der Waals surface area contributed by atoms with Crippen molar-refractivity contribution in [2.75, 3.05) is 19.8 Å². The third-order valence-corrected chi connectivity index (χ3v) is 14.8. The number of aliphatic hydroxyl groups excluding tert-OH is 13. The number of urea groups is 1. The molecule has 3 saturated heterocycles. The first-order valence-corrected chi connectivity index (χ1v) is 27.8. The summed E-state index contributed by atoms with van der Waals surface area (Å²) in [5.41, 5.74) is 6.13. The molecule has 4 aliphatic rings. The van der Waals surface area contributed by atoms with Gasteiger partial charge in [-0.25, -0.2) is 4.79 Å². The predicted molar refractivity (Wildman–Crippen MR) is 291 cm³/mol. The third-order valence-electron chi connectivity index (χ3n) is 14.8. The minimum atomic E-state index is -2.35. The molecule has 24 atom stereocenters. The second-order valence-corrected chi connectivity index (χ2v) is 21.6. The van der Waals surface area contributed by atoms with Gasteiger partial charge in [0.05, 0.1) is 98.9 Å². The maximum Gasteiger partial charge on any atom is 0.315 e. The molecule has 0 aliphatic carbocycles. The number of carbonyl (C=O) groups excluding carboxylic acids is 2. The molecular weight excluding hydrogens is 1070 g/mol. The Kier molecular flexibility index (Phi) is 29.9. The number of aliphatic hydroxyl groups is 14. The van der Waals surface area contributed by atoms with E-state index in [9.17, 15) is 81.1 Å². The normalized spacial score (nSPS) is 44.5. The summed E-state index contributed by atoms with van der Waals surface area (Å²) in [5, 5.41) is 156. The zero-order chi connectivity index (χ0) is 60.0. The quantitative estimate of drug-likeness (QED) is 0.0867. The van der Waals surface area contributed by atoms with Crippen LogP contribution < -0.4 is 16.4 Å². The zero-order valence-corrected chi connectivity index (χ0v) is 46.5. The molecule has 81 heavy (non-hydrogen) atoms. The van der Waals surface area contributed by atoms with Crippen LogP contribution in [0, 0.1) is 11.8 Å². The van der Waals surface area contributed by atoms with E-state index < -0.39 is 184 Å². The molecule has 25 nitrogen and oxygen atoms in total. The smallest absolute Gasteiger partial charge is 0.315 e. The average Bonchev–Trinajstić information content (AvgIpc) is 3.43. The highest BCUT2D eigenvalue weighted by atomic mass is 16.7. The van der Waals surface area contributed by atoms with E-state index in [2.05, 4.69) is 10.6 Å². The number of cyclic esters (lactones) is 1. The average molecular weight is 1160 g/mol. The van der Waals surface area contributed by atoms with Crippen molar-refractivity contribution in [2.24, 2.45) is 17.6 Å². The first kappa shape index (κ1) is 69.6. The fraction of sp³-hybridized carbons (Fsp3) is 0.714. The van der Waals surface area contributed by atoms with Gasteiger partial charge in [0.1, 0.15) is 36.6 Å². The molecule has 0 aromatic heterocycles. The van der Waals surface area contributed by atoms with Gasteiger partial charge in [-0.3, -0.25) is 4.79 Å². The molecule has 4 rings (SSSR count). The zero-order valence-electron chi connectivity index (χ0n) is 46.5. The number of rotatable bonds is 9. The van der Waals surface area contributed by atoms with E-state index in [-0.39, 0.29) is 51.2 Å². The van der Waals surface area contributed by atoms with Crippen LogP contribution in [0.15, 0.2) is 85.1 Å². The molecule has 4 aliphatic heterocycles. The van der Waals surface area contributed by atoms with Gasteiger partial charge in [-0.2, -0.15) is 0 Å². The minimum Gasteiger partial charge on any atom is -0.462 e. The van der Waals surface area contributed by atoms with E-state index in [4.69, 9.17) is 34.2 Å². The van der Waals surface area contributed by atoms with Crippen molar-refractivity contribution in [3.05, 3.63) is 85.1 Å². The fourth-order valence-corrected chi connectivity index (χ4v) is 9.72. The number of amides is 2. The van der Waals surface area contributed by atoms with Crippen molar-refractivity contribution in [1.29, 1.82) is 0 Å². The Bertz CT molecular complexity index is 2080. The minimum absolute atomic E-state index is 0.0529. The Morgan fingerprint density at radius 2 is 1.27 bits per heavy atom. The molecule has 0 spiro atoms. The van der Waals surface area contributed by atoms with Gasteiger partial charge in [-0.05, 0) is 39.5 Å². The number of nitrogens with two attached hydrogens (primary N) is 1. The molecule has 2 amide bonds. The standard InChI is InChI=1S/C56H91N3O22/c1-31-18-15-13-11-9-7-5-6-8-10-12-14-16-19-38(79-54-50(71)45(57)48(69)34(4)78-54)27-42-46(59-55(74)58-22-17-23-76-53-52(73)51(72)49(70)43(30-60)80-53)41(66)29-56(75,81-42)28-37(63)25-40(65)39(64)21-20-35(61)24-36(62)26-44(67)77-33(3)32(2)47(31)68/h5-16,18-19,31-43,45-54,60-66,68-73,75H,17,20-30,57H2,1-4H3,(H2,58,59,74)/b6-5+,9-7+,10-8+,13-11+,14-12+,18-15+,19-16+/t31-,32-,33-,34+,35+,36+,37-,38-,39+,40+,41-,42-,43+,45-,46+,47+,48+,49+,50-,51-,52-,53-,54-,56+/m0/s1. The highest BCUT2D eigenvalue weighted by Crippen LogP contribution is 2.35. The summed E-state index contributed by atoms with van der Waals surface area (Å²) in [5.74, 6) is -3.87. The summed E-state index contributed by atoms with van der Waals surface area (Å²) >= 11 is 0. The fourth-order valence-electron chi connectivity index (χ4n) is 9.72. The first-order valence-electron chi connectivity index (χ1n) is 27.8. The van der Waals surface area contributed by atoms with E-state index in [1.165, 1.54) is 6.92 Å². The van der Waals surface area contributed by atoms with E-state index in [0.29, 0.717) is 0 Å². The Balaban J connectivity index is 1.57. The molecule has 3 fully saturated rings. The molecule has 462 valence electrons. The van der Waals surface area contributed by atoms with Crippen LogP contribution in [-0.4, -0.2) is 237 Å². The van der Waals surface area contributed by atoms with Gasteiger partial charge in [-0.1, -0.05) is 98.9 Å². The molecular formula is C56H91N3O22. The summed E-state index contributed by atoms with van der Waals surface area (Å²) in [6.45, 7) is 5.88. The maximum absolute atomic E-state index is 13.5. The van der Waals surface area contributed by atoms with Gasteiger partial charge in [0.15, 0.2) is 18.4 Å². The van der Waals surface area contributed by atoms with Crippen LogP contribution in [0.4, 0.5) is 4.79 Å².